The number of aromatic nitrogens is 2. The van der Waals surface area contributed by atoms with Crippen LogP contribution in [0.2, 0.25) is 0 Å². The third kappa shape index (κ3) is 4.83. The average molecular weight is 437 g/mol. The van der Waals surface area contributed by atoms with E-state index in [1.54, 1.807) is 16.7 Å². The van der Waals surface area contributed by atoms with Crippen molar-refractivity contribution >= 4 is 34.4 Å². The molecule has 0 radical (unpaired) electrons. The lowest BCUT2D eigenvalue weighted by Crippen LogP contribution is -2.51. The first-order valence-corrected chi connectivity index (χ1v) is 12.0. The number of nitrogens with zero attached hydrogens (tertiary/aromatic N) is 4. The van der Waals surface area contributed by atoms with Crippen molar-refractivity contribution in [1.82, 2.24) is 14.9 Å². The molecule has 1 aliphatic heterocycles. The van der Waals surface area contributed by atoms with Crippen LogP contribution in [0.3, 0.4) is 0 Å². The van der Waals surface area contributed by atoms with Gasteiger partial charge in [-0.25, -0.2) is 9.97 Å². The van der Waals surface area contributed by atoms with E-state index in [1.807, 2.05) is 36.6 Å². The van der Waals surface area contributed by atoms with E-state index in [0.717, 1.165) is 33.6 Å². The van der Waals surface area contributed by atoms with Crippen molar-refractivity contribution in [2.75, 3.05) is 43.1 Å². The predicted octanol–water partition coefficient (Wildman–Crippen LogP) is 3.37. The Hall–Kier alpha value is -2.64. The largest absolute Gasteiger partial charge is 0.383 e. The number of aliphatic hydroxyl groups excluding tert-OH is 1. The van der Waals surface area contributed by atoms with Gasteiger partial charge in [-0.3, -0.25) is 4.79 Å². The molecule has 7 heteroatoms. The summed E-state index contributed by atoms with van der Waals surface area (Å²) < 4.78 is 0. The van der Waals surface area contributed by atoms with Crippen LogP contribution in [-0.4, -0.2) is 70.2 Å². The number of amides is 1. The van der Waals surface area contributed by atoms with Crippen LogP contribution in [0, 0.1) is 6.92 Å². The summed E-state index contributed by atoms with van der Waals surface area (Å²) in [5.74, 6) is 2.22. The molecular formula is C24H28N4O2S. The van der Waals surface area contributed by atoms with E-state index in [9.17, 15) is 9.90 Å². The Kier molecular flexibility index (Phi) is 6.73. The van der Waals surface area contributed by atoms with Crippen LogP contribution in [-0.2, 0) is 4.79 Å². The third-order valence-corrected chi connectivity index (χ3v) is 6.28. The first-order chi connectivity index (χ1) is 15.1. The Labute approximate surface area is 187 Å². The molecule has 0 aliphatic carbocycles. The van der Waals surface area contributed by atoms with E-state index in [0.29, 0.717) is 38.4 Å². The molecule has 3 aromatic rings. The molecule has 1 atom stereocenters. The SMILES string of the molecule is CSCCC(O)C(=O)N1CCN(c2nc(-c3ccccc3)nc3cc(C)ccc23)CC1. The number of hydrogen-bond donors (Lipinski definition) is 1. The van der Waals surface area contributed by atoms with Crippen molar-refractivity contribution in [3.8, 4) is 11.4 Å². The van der Waals surface area contributed by atoms with Crippen LogP contribution in [0.1, 0.15) is 12.0 Å². The normalized spacial score (nSPS) is 15.3. The van der Waals surface area contributed by atoms with Crippen LogP contribution >= 0.6 is 11.8 Å². The van der Waals surface area contributed by atoms with E-state index >= 15 is 0 Å². The molecule has 1 amide bonds. The molecule has 1 fully saturated rings. The summed E-state index contributed by atoms with van der Waals surface area (Å²) in [4.78, 5) is 26.3. The minimum Gasteiger partial charge on any atom is -0.383 e. The lowest BCUT2D eigenvalue weighted by atomic mass is 10.1. The van der Waals surface area contributed by atoms with Crippen LogP contribution in [0.25, 0.3) is 22.3 Å². The number of hydrogen-bond acceptors (Lipinski definition) is 6. The highest BCUT2D eigenvalue weighted by Crippen LogP contribution is 2.29. The van der Waals surface area contributed by atoms with E-state index in [2.05, 4.69) is 30.0 Å². The van der Waals surface area contributed by atoms with Crippen molar-refractivity contribution in [2.45, 2.75) is 19.4 Å². The van der Waals surface area contributed by atoms with Gasteiger partial charge in [0.05, 0.1) is 5.52 Å². The van der Waals surface area contributed by atoms with E-state index in [-0.39, 0.29) is 5.91 Å². The standard InChI is InChI=1S/C24H28N4O2S/c1-17-8-9-19-20(16-17)25-22(18-6-4-3-5-7-18)26-23(19)27-11-13-28(14-12-27)24(30)21(29)10-15-31-2/h3-9,16,21,29H,10-15H2,1-2H3. The minimum absolute atomic E-state index is 0.165. The van der Waals surface area contributed by atoms with Gasteiger partial charge in [0.15, 0.2) is 5.82 Å². The Balaban J connectivity index is 1.59. The first kappa shape index (κ1) is 21.6. The lowest BCUT2D eigenvalue weighted by Gasteiger charge is -2.36. The van der Waals surface area contributed by atoms with Crippen LogP contribution < -0.4 is 4.90 Å². The van der Waals surface area contributed by atoms with Crippen molar-refractivity contribution in [2.24, 2.45) is 0 Å². The maximum atomic E-state index is 12.6. The average Bonchev–Trinajstić information content (AvgIpc) is 2.81. The van der Waals surface area contributed by atoms with Gasteiger partial charge in [0.25, 0.3) is 5.91 Å². The number of benzene rings is 2. The van der Waals surface area contributed by atoms with Gasteiger partial charge in [-0.05, 0) is 43.0 Å². The summed E-state index contributed by atoms with van der Waals surface area (Å²) in [6, 6.07) is 16.3. The number of piperazine rings is 1. The zero-order valence-corrected chi connectivity index (χ0v) is 18.8. The van der Waals surface area contributed by atoms with Crippen molar-refractivity contribution in [3.05, 3.63) is 54.1 Å². The van der Waals surface area contributed by atoms with Crippen LogP contribution in [0.4, 0.5) is 5.82 Å². The molecule has 31 heavy (non-hydrogen) atoms. The van der Waals surface area contributed by atoms with Crippen molar-refractivity contribution in [3.63, 3.8) is 0 Å². The van der Waals surface area contributed by atoms with Gasteiger partial charge < -0.3 is 14.9 Å². The molecule has 162 valence electrons. The molecule has 6 nitrogen and oxygen atoms in total. The fourth-order valence-corrected chi connectivity index (χ4v) is 4.34. The van der Waals surface area contributed by atoms with Gasteiger partial charge in [0, 0.05) is 37.1 Å². The molecule has 0 saturated carbocycles. The smallest absolute Gasteiger partial charge is 0.251 e. The molecular weight excluding hydrogens is 408 g/mol. The molecule has 2 aromatic carbocycles. The van der Waals surface area contributed by atoms with Gasteiger partial charge in [-0.2, -0.15) is 11.8 Å². The van der Waals surface area contributed by atoms with Gasteiger partial charge in [-0.15, -0.1) is 0 Å². The summed E-state index contributed by atoms with van der Waals surface area (Å²) in [5, 5.41) is 11.2. The van der Waals surface area contributed by atoms with Crippen molar-refractivity contribution in [1.29, 1.82) is 0 Å². The second-order valence-corrected chi connectivity index (χ2v) is 8.85. The minimum atomic E-state index is -0.911. The van der Waals surface area contributed by atoms with Crippen LogP contribution in [0.5, 0.6) is 0 Å². The molecule has 1 N–H and O–H groups in total. The predicted molar refractivity (Wildman–Crippen MR) is 128 cm³/mol. The third-order valence-electron chi connectivity index (χ3n) is 5.64. The Morgan fingerprint density at radius 3 is 2.55 bits per heavy atom. The number of thioether (sulfide) groups is 1. The monoisotopic (exact) mass is 436 g/mol. The number of carbonyl (C=O) groups excluding carboxylic acids is 1. The number of aryl methyl sites for hydroxylation is 1. The summed E-state index contributed by atoms with van der Waals surface area (Å²) >= 11 is 1.64. The van der Waals surface area contributed by atoms with Gasteiger partial charge >= 0.3 is 0 Å². The van der Waals surface area contributed by atoms with Gasteiger partial charge in [0.1, 0.15) is 11.9 Å². The molecule has 1 aromatic heterocycles. The summed E-state index contributed by atoms with van der Waals surface area (Å²) in [6.45, 7) is 4.57. The lowest BCUT2D eigenvalue weighted by molar-refractivity contribution is -0.140. The highest BCUT2D eigenvalue weighted by atomic mass is 32.2. The van der Waals surface area contributed by atoms with Crippen LogP contribution in [0.15, 0.2) is 48.5 Å². The van der Waals surface area contributed by atoms with E-state index < -0.39 is 6.10 Å². The van der Waals surface area contributed by atoms with Gasteiger partial charge in [0.2, 0.25) is 0 Å². The first-order valence-electron chi connectivity index (χ1n) is 10.6. The topological polar surface area (TPSA) is 69.6 Å². The number of carbonyl (C=O) groups is 1. The Morgan fingerprint density at radius 1 is 1.10 bits per heavy atom. The second kappa shape index (κ2) is 9.66. The number of fused-ring (bicyclic) bond motifs is 1. The molecule has 1 unspecified atom stereocenters. The fraction of sp³-hybridized carbons (Fsp3) is 0.375. The molecule has 4 rings (SSSR count). The number of rotatable bonds is 6. The molecule has 0 spiro atoms. The maximum absolute atomic E-state index is 12.6. The molecule has 1 saturated heterocycles. The summed E-state index contributed by atoms with van der Waals surface area (Å²) in [5.41, 5.74) is 3.07. The summed E-state index contributed by atoms with van der Waals surface area (Å²) in [6.07, 6.45) is 1.57. The van der Waals surface area contributed by atoms with E-state index in [4.69, 9.17) is 9.97 Å². The fourth-order valence-electron chi connectivity index (χ4n) is 3.88. The Bertz CT molecular complexity index is 1050. The maximum Gasteiger partial charge on any atom is 0.251 e. The van der Waals surface area contributed by atoms with Gasteiger partial charge in [-0.1, -0.05) is 36.4 Å². The number of anilines is 1. The number of aliphatic hydroxyl groups is 1. The van der Waals surface area contributed by atoms with Crippen molar-refractivity contribution < 1.29 is 9.90 Å². The Morgan fingerprint density at radius 2 is 1.84 bits per heavy atom. The molecule has 2 heterocycles. The zero-order valence-electron chi connectivity index (χ0n) is 18.0. The molecule has 0 bridgehead atoms. The highest BCUT2D eigenvalue weighted by molar-refractivity contribution is 7.98. The zero-order chi connectivity index (χ0) is 21.8. The summed E-state index contributed by atoms with van der Waals surface area (Å²) in [7, 11) is 0. The highest BCUT2D eigenvalue weighted by Gasteiger charge is 2.27. The second-order valence-electron chi connectivity index (χ2n) is 7.87. The molecule has 1 aliphatic rings. The van der Waals surface area contributed by atoms with E-state index in [1.165, 1.54) is 0 Å². The quantitative estimate of drug-likeness (QED) is 0.639.